The summed E-state index contributed by atoms with van der Waals surface area (Å²) in [5.41, 5.74) is 1.61. The fraction of sp³-hybridized carbons (Fsp3) is 0.0968. The van der Waals surface area contributed by atoms with Gasteiger partial charge in [0.15, 0.2) is 8.07 Å². The summed E-state index contributed by atoms with van der Waals surface area (Å²) in [6.07, 6.45) is 8.97. The van der Waals surface area contributed by atoms with Crippen molar-refractivity contribution in [1.29, 1.82) is 0 Å². The van der Waals surface area contributed by atoms with Crippen LogP contribution in [-0.4, -0.2) is 14.2 Å². The van der Waals surface area contributed by atoms with Crippen molar-refractivity contribution in [2.75, 3.05) is 0 Å². The normalized spacial score (nSPS) is 21.0. The first kappa shape index (κ1) is 20.0. The molecule has 0 saturated carbocycles. The third kappa shape index (κ3) is 3.21. The van der Waals surface area contributed by atoms with E-state index in [0.29, 0.717) is 5.54 Å². The van der Waals surface area contributed by atoms with Gasteiger partial charge in [-0.3, -0.25) is 0 Å². The molecule has 0 bridgehead atoms. The van der Waals surface area contributed by atoms with E-state index in [4.69, 9.17) is 4.74 Å². The molecule has 0 aromatic heterocycles. The van der Waals surface area contributed by atoms with Crippen molar-refractivity contribution in [3.8, 4) is 5.75 Å². The molecule has 160 valence electrons. The lowest BCUT2D eigenvalue weighted by Gasteiger charge is -2.48. The summed E-state index contributed by atoms with van der Waals surface area (Å²) < 4.78 is 6.55. The number of rotatable bonds is 4. The van der Waals surface area contributed by atoms with Gasteiger partial charge in [0.05, 0.1) is 0 Å². The summed E-state index contributed by atoms with van der Waals surface area (Å²) in [4.78, 5) is 0. The second-order valence-electron chi connectivity index (χ2n) is 8.85. The van der Waals surface area contributed by atoms with Gasteiger partial charge in [-0.1, -0.05) is 127 Å². The number of fused-ring (bicyclic) bond motifs is 2. The van der Waals surface area contributed by atoms with Gasteiger partial charge < -0.3 is 4.74 Å². The molecule has 3 atom stereocenters. The van der Waals surface area contributed by atoms with E-state index in [1.54, 1.807) is 0 Å². The molecule has 6 rings (SSSR count). The van der Waals surface area contributed by atoms with Gasteiger partial charge in [0, 0.05) is 11.5 Å². The lowest BCUT2D eigenvalue weighted by Crippen LogP contribution is -2.73. The van der Waals surface area contributed by atoms with Crippen LogP contribution < -0.4 is 20.3 Å². The first-order valence-corrected chi connectivity index (χ1v) is 13.7. The van der Waals surface area contributed by atoms with E-state index < -0.39 is 8.07 Å². The van der Waals surface area contributed by atoms with E-state index in [2.05, 4.69) is 140 Å². The van der Waals surface area contributed by atoms with E-state index in [1.807, 2.05) is 0 Å². The van der Waals surface area contributed by atoms with Crippen LogP contribution in [-0.2, 0) is 0 Å². The maximum Gasteiger partial charge on any atom is 0.156 e. The maximum atomic E-state index is 6.55. The third-order valence-corrected chi connectivity index (χ3v) is 12.5. The fourth-order valence-corrected chi connectivity index (χ4v) is 11.7. The highest BCUT2D eigenvalue weighted by atomic mass is 28.3. The van der Waals surface area contributed by atoms with Gasteiger partial charge in [-0.15, -0.1) is 0 Å². The zero-order valence-corrected chi connectivity index (χ0v) is 19.4. The second-order valence-corrected chi connectivity index (χ2v) is 12.8. The average molecular weight is 443 g/mol. The van der Waals surface area contributed by atoms with Gasteiger partial charge in [0.2, 0.25) is 0 Å². The van der Waals surface area contributed by atoms with E-state index in [-0.39, 0.29) is 12.0 Å². The molecule has 1 heterocycles. The van der Waals surface area contributed by atoms with Gasteiger partial charge in [0.25, 0.3) is 0 Å². The number of para-hydroxylation sites is 1. The molecular weight excluding hydrogens is 416 g/mol. The molecule has 4 aromatic rings. The van der Waals surface area contributed by atoms with Crippen molar-refractivity contribution in [3.63, 3.8) is 0 Å². The first-order chi connectivity index (χ1) is 16.4. The topological polar surface area (TPSA) is 9.23 Å². The quantitative estimate of drug-likeness (QED) is 0.320. The van der Waals surface area contributed by atoms with Crippen LogP contribution in [0.4, 0.5) is 0 Å². The van der Waals surface area contributed by atoms with Gasteiger partial charge in [-0.05, 0) is 33.3 Å². The largest absolute Gasteiger partial charge is 0.485 e. The van der Waals surface area contributed by atoms with E-state index >= 15 is 0 Å². The minimum absolute atomic E-state index is 0.0397. The zero-order chi connectivity index (χ0) is 22.1. The molecular formula is C31H26OSi. The summed E-state index contributed by atoms with van der Waals surface area (Å²) in [6, 6.07) is 42.3. The smallest absolute Gasteiger partial charge is 0.156 e. The minimum Gasteiger partial charge on any atom is -0.485 e. The molecule has 0 N–H and O–H groups in total. The van der Waals surface area contributed by atoms with Crippen molar-refractivity contribution < 1.29 is 4.74 Å². The van der Waals surface area contributed by atoms with Gasteiger partial charge in [-0.25, -0.2) is 0 Å². The van der Waals surface area contributed by atoms with E-state index in [1.165, 1.54) is 21.1 Å². The Morgan fingerprint density at radius 2 is 1.00 bits per heavy atom. The van der Waals surface area contributed by atoms with E-state index in [9.17, 15) is 0 Å². The van der Waals surface area contributed by atoms with Crippen LogP contribution >= 0.6 is 0 Å². The molecule has 1 nitrogen and oxygen atoms in total. The molecule has 0 radical (unpaired) electrons. The van der Waals surface area contributed by atoms with E-state index in [0.717, 1.165) is 5.75 Å². The summed E-state index contributed by atoms with van der Waals surface area (Å²) in [7, 11) is -2.55. The number of hydrogen-bond donors (Lipinski definition) is 0. The number of benzene rings is 4. The third-order valence-electron chi connectivity index (χ3n) is 7.18. The number of allylic oxidation sites excluding steroid dienone is 2. The average Bonchev–Trinajstić information content (AvgIpc) is 2.90. The first-order valence-electron chi connectivity index (χ1n) is 11.7. The molecule has 4 aromatic carbocycles. The van der Waals surface area contributed by atoms with Crippen LogP contribution in [0.1, 0.15) is 11.1 Å². The summed E-state index contributed by atoms with van der Waals surface area (Å²) >= 11 is 0. The van der Waals surface area contributed by atoms with Crippen molar-refractivity contribution in [2.45, 2.75) is 11.6 Å². The van der Waals surface area contributed by atoms with Crippen molar-refractivity contribution in [2.24, 2.45) is 5.92 Å². The monoisotopic (exact) mass is 442 g/mol. The Balaban J connectivity index is 1.75. The van der Waals surface area contributed by atoms with Gasteiger partial charge in [0.1, 0.15) is 11.9 Å². The Morgan fingerprint density at radius 3 is 1.58 bits per heavy atom. The molecule has 0 saturated heterocycles. The van der Waals surface area contributed by atoms with Gasteiger partial charge >= 0.3 is 0 Å². The molecule has 0 spiro atoms. The van der Waals surface area contributed by atoms with Crippen LogP contribution in [0.15, 0.2) is 140 Å². The standard InChI is InChI=1S/C31H26OSi/c1-4-14-24(15-5-1)33(25-16-6-2-7-17-25,26-18-8-3-9-19-26)31-27-20-10-12-22-29(27)32-30-23-13-11-21-28(30)31/h1-23,27,29,31H/t27-,29+,31-/m1/s1. The number of ether oxygens (including phenoxy) is 1. The fourth-order valence-electron chi connectivity index (χ4n) is 5.89. The summed E-state index contributed by atoms with van der Waals surface area (Å²) in [5.74, 6) is 1.28. The highest BCUT2D eigenvalue weighted by Crippen LogP contribution is 2.46. The molecule has 1 aliphatic heterocycles. The molecule has 2 aliphatic rings. The second kappa shape index (κ2) is 8.38. The Labute approximate surface area is 196 Å². The molecule has 0 amide bonds. The van der Waals surface area contributed by atoms with Crippen molar-refractivity contribution >= 4 is 23.6 Å². The highest BCUT2D eigenvalue weighted by molar-refractivity contribution is 7.12. The van der Waals surface area contributed by atoms with Crippen LogP contribution in [0.2, 0.25) is 0 Å². The SMILES string of the molecule is C1=C[C@@H]2[C@H](C=C1)Oc1ccccc1[C@@H]2[Si](c1ccccc1)(c1ccccc1)c1ccccc1. The molecule has 1 aliphatic carbocycles. The van der Waals surface area contributed by atoms with Crippen LogP contribution in [0, 0.1) is 5.92 Å². The Morgan fingerprint density at radius 1 is 0.515 bits per heavy atom. The zero-order valence-electron chi connectivity index (χ0n) is 18.4. The predicted octanol–water partition coefficient (Wildman–Crippen LogP) is 4.98. The number of hydrogen-bond acceptors (Lipinski definition) is 1. The molecule has 0 unspecified atom stereocenters. The van der Waals surface area contributed by atoms with Crippen LogP contribution in [0.5, 0.6) is 5.75 Å². The lowest BCUT2D eigenvalue weighted by atomic mass is 9.87. The predicted molar refractivity (Wildman–Crippen MR) is 139 cm³/mol. The minimum atomic E-state index is -2.55. The Kier molecular flexibility index (Phi) is 5.08. The Bertz CT molecular complexity index is 1200. The van der Waals surface area contributed by atoms with Gasteiger partial charge in [-0.2, -0.15) is 0 Å². The molecule has 2 heteroatoms. The lowest BCUT2D eigenvalue weighted by molar-refractivity contribution is 0.173. The summed E-state index contributed by atoms with van der Waals surface area (Å²) in [5, 5.41) is 4.31. The van der Waals surface area contributed by atoms with Crippen LogP contribution in [0.3, 0.4) is 0 Å². The van der Waals surface area contributed by atoms with Crippen molar-refractivity contribution in [3.05, 3.63) is 145 Å². The van der Waals surface area contributed by atoms with Crippen LogP contribution in [0.25, 0.3) is 0 Å². The Hall–Kier alpha value is -3.62. The molecule has 0 fully saturated rings. The maximum absolute atomic E-state index is 6.55. The summed E-state index contributed by atoms with van der Waals surface area (Å²) in [6.45, 7) is 0. The molecule has 33 heavy (non-hydrogen) atoms. The van der Waals surface area contributed by atoms with Crippen molar-refractivity contribution in [1.82, 2.24) is 0 Å². The highest BCUT2D eigenvalue weighted by Gasteiger charge is 2.53.